The van der Waals surface area contributed by atoms with Crippen molar-refractivity contribution in [2.24, 2.45) is 0 Å². The first kappa shape index (κ1) is 16.3. The fourth-order valence-corrected chi connectivity index (χ4v) is 2.61. The van der Waals surface area contributed by atoms with E-state index in [0.717, 1.165) is 19.3 Å². The summed E-state index contributed by atoms with van der Waals surface area (Å²) in [5.41, 5.74) is 0.560. The van der Waals surface area contributed by atoms with Gasteiger partial charge in [0, 0.05) is 17.8 Å². The summed E-state index contributed by atoms with van der Waals surface area (Å²) >= 11 is 0. The third kappa shape index (κ3) is 4.71. The van der Waals surface area contributed by atoms with Gasteiger partial charge in [-0.05, 0) is 31.6 Å². The van der Waals surface area contributed by atoms with Crippen LogP contribution in [-0.4, -0.2) is 47.0 Å². The molecule has 6 nitrogen and oxygen atoms in total. The van der Waals surface area contributed by atoms with E-state index in [1.807, 2.05) is 6.92 Å². The van der Waals surface area contributed by atoms with E-state index in [9.17, 15) is 15.1 Å². The van der Waals surface area contributed by atoms with Crippen LogP contribution in [0, 0.1) is 0 Å². The lowest BCUT2D eigenvalue weighted by atomic mass is 9.64. The maximum absolute atomic E-state index is 10.1. The quantitative estimate of drug-likeness (QED) is 0.638. The number of nitrogens with zero attached hydrogens (tertiary/aromatic N) is 1. The van der Waals surface area contributed by atoms with Gasteiger partial charge in [-0.15, -0.1) is 0 Å². The lowest BCUT2D eigenvalue weighted by Gasteiger charge is -2.29. The molecular weight excluding hydrogens is 272 g/mol. The van der Waals surface area contributed by atoms with Gasteiger partial charge in [-0.3, -0.25) is 0 Å². The molecule has 3 N–H and O–H groups in total. The molecule has 1 aromatic rings. The van der Waals surface area contributed by atoms with Crippen molar-refractivity contribution in [2.75, 3.05) is 6.61 Å². The van der Waals surface area contributed by atoms with Crippen molar-refractivity contribution in [2.45, 2.75) is 44.5 Å². The van der Waals surface area contributed by atoms with Gasteiger partial charge in [0.15, 0.2) is 0 Å². The highest BCUT2D eigenvalue weighted by Crippen LogP contribution is 2.31. The smallest absolute Gasteiger partial charge is 0.478 e. The van der Waals surface area contributed by atoms with E-state index in [2.05, 4.69) is 4.98 Å². The molecule has 21 heavy (non-hydrogen) atoms. The van der Waals surface area contributed by atoms with Crippen molar-refractivity contribution in [3.8, 4) is 5.88 Å². The predicted molar refractivity (Wildman–Crippen MR) is 80.3 cm³/mol. The molecule has 114 valence electrons. The van der Waals surface area contributed by atoms with E-state index >= 15 is 0 Å². The van der Waals surface area contributed by atoms with E-state index in [-0.39, 0.29) is 11.9 Å². The van der Waals surface area contributed by atoms with Crippen molar-refractivity contribution in [3.63, 3.8) is 0 Å². The molecule has 2 atom stereocenters. The van der Waals surface area contributed by atoms with Crippen LogP contribution in [0.2, 0.25) is 5.82 Å². The molecule has 1 aliphatic rings. The fraction of sp³-hybridized carbons (Fsp3) is 0.615. The Bertz CT molecular complexity index is 431. The van der Waals surface area contributed by atoms with Crippen LogP contribution < -0.4 is 10.2 Å². The largest absolute Gasteiger partial charge is 0.492 e. The van der Waals surface area contributed by atoms with Gasteiger partial charge < -0.3 is 24.5 Å². The van der Waals surface area contributed by atoms with Crippen LogP contribution in [0.5, 0.6) is 5.88 Å². The molecule has 1 fully saturated rings. The van der Waals surface area contributed by atoms with E-state index < -0.39 is 14.2 Å². The molecule has 2 rings (SSSR count). The molecule has 1 aromatic heterocycles. The monoisotopic (exact) mass is 293 g/mol. The number of pyridine rings is 1. The molecule has 1 saturated carbocycles. The zero-order valence-corrected chi connectivity index (χ0v) is 12.2. The second-order valence-electron chi connectivity index (χ2n) is 5.31. The second kappa shape index (κ2) is 7.79. The van der Waals surface area contributed by atoms with Crippen LogP contribution in [0.3, 0.4) is 0 Å². The normalized spacial score (nSPS) is 21.9. The Morgan fingerprint density at radius 1 is 1.29 bits per heavy atom. The lowest BCUT2D eigenvalue weighted by Crippen LogP contribution is -2.40. The molecule has 0 spiro atoms. The summed E-state index contributed by atoms with van der Waals surface area (Å²) in [5, 5.41) is 28.6. The summed E-state index contributed by atoms with van der Waals surface area (Å²) in [6, 6.07) is 3.40. The van der Waals surface area contributed by atoms with Crippen LogP contribution in [0.15, 0.2) is 18.3 Å². The minimum absolute atomic E-state index is 0.174. The van der Waals surface area contributed by atoms with Crippen LogP contribution >= 0.6 is 0 Å². The molecule has 0 amide bonds. The molecular formula is C13H21B2NO5. The van der Waals surface area contributed by atoms with E-state index in [0.29, 0.717) is 24.4 Å². The summed E-state index contributed by atoms with van der Waals surface area (Å²) in [7, 11) is -2.38. The molecule has 1 heterocycles. The summed E-state index contributed by atoms with van der Waals surface area (Å²) < 4.78 is 10.9. The fourth-order valence-electron chi connectivity index (χ4n) is 2.61. The van der Waals surface area contributed by atoms with Gasteiger partial charge in [0.05, 0.1) is 6.61 Å². The van der Waals surface area contributed by atoms with Crippen molar-refractivity contribution in [3.05, 3.63) is 18.3 Å². The molecule has 0 aromatic carbocycles. The van der Waals surface area contributed by atoms with Crippen molar-refractivity contribution >= 4 is 19.7 Å². The molecule has 2 unspecified atom stereocenters. The molecule has 1 aliphatic carbocycles. The Morgan fingerprint density at radius 2 is 2.10 bits per heavy atom. The molecule has 0 saturated heterocycles. The Labute approximate surface area is 125 Å². The highest BCUT2D eigenvalue weighted by Gasteiger charge is 2.32. The first-order chi connectivity index (χ1) is 10.1. The van der Waals surface area contributed by atoms with E-state index in [1.54, 1.807) is 12.1 Å². The minimum atomic E-state index is -1.32. The maximum atomic E-state index is 10.1. The predicted octanol–water partition coefficient (Wildman–Crippen LogP) is -0.0300. The topological polar surface area (TPSA) is 92.0 Å². The minimum Gasteiger partial charge on any atom is -0.478 e. The number of aromatic nitrogens is 1. The van der Waals surface area contributed by atoms with Gasteiger partial charge in [0.25, 0.3) is 0 Å². The number of rotatable bonds is 6. The van der Waals surface area contributed by atoms with Crippen LogP contribution in [-0.2, 0) is 4.65 Å². The van der Waals surface area contributed by atoms with Gasteiger partial charge in [-0.25, -0.2) is 4.98 Å². The Kier molecular flexibility index (Phi) is 6.05. The first-order valence-corrected chi connectivity index (χ1v) is 7.38. The number of ether oxygens (including phenoxy) is 1. The molecule has 0 aliphatic heterocycles. The van der Waals surface area contributed by atoms with Crippen LogP contribution in [0.4, 0.5) is 0 Å². The molecule has 8 heteroatoms. The average Bonchev–Trinajstić information content (AvgIpc) is 2.48. The summed E-state index contributed by atoms with van der Waals surface area (Å²) in [4.78, 5) is 4.08. The number of hydrogen-bond donors (Lipinski definition) is 3. The van der Waals surface area contributed by atoms with Crippen molar-refractivity contribution in [1.29, 1.82) is 0 Å². The Hall–Kier alpha value is -1.08. The Morgan fingerprint density at radius 3 is 2.71 bits per heavy atom. The SMILES string of the molecule is CCOc1ccc(B(O)OC2CCCC(B(O)O)C2)cn1. The zero-order valence-electron chi connectivity index (χ0n) is 12.2. The van der Waals surface area contributed by atoms with Gasteiger partial charge in [-0.2, -0.15) is 0 Å². The van der Waals surface area contributed by atoms with E-state index in [1.165, 1.54) is 6.20 Å². The van der Waals surface area contributed by atoms with Gasteiger partial charge >= 0.3 is 14.2 Å². The second-order valence-corrected chi connectivity index (χ2v) is 5.31. The summed E-state index contributed by atoms with van der Waals surface area (Å²) in [5.74, 6) is 0.323. The third-order valence-corrected chi connectivity index (χ3v) is 3.75. The average molecular weight is 293 g/mol. The Balaban J connectivity index is 1.89. The molecule has 0 radical (unpaired) electrons. The standard InChI is InChI=1S/C13H21B2NO5/c1-2-20-13-7-6-11(9-16-13)15(19)21-12-5-3-4-10(8-12)14(17)18/h6-7,9-10,12,17-19H,2-5,8H2,1H3. The van der Waals surface area contributed by atoms with Crippen molar-refractivity contribution in [1.82, 2.24) is 4.98 Å². The number of hydrogen-bond acceptors (Lipinski definition) is 6. The molecule has 0 bridgehead atoms. The van der Waals surface area contributed by atoms with Gasteiger partial charge in [0.2, 0.25) is 5.88 Å². The highest BCUT2D eigenvalue weighted by atomic mass is 16.5. The maximum Gasteiger partial charge on any atom is 0.492 e. The van der Waals surface area contributed by atoms with Crippen molar-refractivity contribution < 1.29 is 24.5 Å². The van der Waals surface area contributed by atoms with Gasteiger partial charge in [-0.1, -0.05) is 18.9 Å². The van der Waals surface area contributed by atoms with Crippen LogP contribution in [0.25, 0.3) is 0 Å². The summed E-state index contributed by atoms with van der Waals surface area (Å²) in [6.07, 6.45) is 4.34. The van der Waals surface area contributed by atoms with Gasteiger partial charge in [0.1, 0.15) is 0 Å². The first-order valence-electron chi connectivity index (χ1n) is 7.38. The zero-order chi connectivity index (χ0) is 15.2. The summed E-state index contributed by atoms with van der Waals surface area (Å²) in [6.45, 7) is 2.42. The van der Waals surface area contributed by atoms with E-state index in [4.69, 9.17) is 9.39 Å². The lowest BCUT2D eigenvalue weighted by molar-refractivity contribution is 0.126. The highest BCUT2D eigenvalue weighted by molar-refractivity contribution is 6.59. The van der Waals surface area contributed by atoms with Crippen LogP contribution in [0.1, 0.15) is 32.6 Å². The third-order valence-electron chi connectivity index (χ3n) is 3.75.